The minimum Gasteiger partial charge on any atom is -0.508 e. The van der Waals surface area contributed by atoms with Crippen LogP contribution in [-0.4, -0.2) is 5.11 Å². The highest BCUT2D eigenvalue weighted by Gasteiger charge is 2.55. The van der Waals surface area contributed by atoms with Crippen molar-refractivity contribution in [2.45, 2.75) is 71.1 Å². The third-order valence-corrected chi connectivity index (χ3v) is 7.76. The van der Waals surface area contributed by atoms with E-state index in [4.69, 9.17) is 0 Å². The summed E-state index contributed by atoms with van der Waals surface area (Å²) in [5, 5.41) is 9.78. The van der Waals surface area contributed by atoms with Gasteiger partial charge in [-0.05, 0) is 97.3 Å². The van der Waals surface area contributed by atoms with Crippen LogP contribution in [-0.2, 0) is 6.42 Å². The molecule has 0 aliphatic heterocycles. The largest absolute Gasteiger partial charge is 0.508 e. The van der Waals surface area contributed by atoms with Crippen molar-refractivity contribution in [3.63, 3.8) is 0 Å². The van der Waals surface area contributed by atoms with E-state index < -0.39 is 0 Å². The maximum atomic E-state index is 9.78. The second-order valence-corrected chi connectivity index (χ2v) is 8.11. The lowest BCUT2D eigenvalue weighted by atomic mass is 9.52. The second-order valence-electron chi connectivity index (χ2n) is 8.11. The Hall–Kier alpha value is -0.980. The maximum Gasteiger partial charge on any atom is 0.115 e. The molecule has 0 heterocycles. The lowest BCUT2D eigenvalue weighted by Crippen LogP contribution is -2.43. The summed E-state index contributed by atoms with van der Waals surface area (Å²) < 4.78 is 0. The fourth-order valence-corrected chi connectivity index (χ4v) is 6.83. The lowest BCUT2D eigenvalue weighted by Gasteiger charge is -2.52. The highest BCUT2D eigenvalue weighted by molar-refractivity contribution is 5.40. The number of hydrogen-bond donors (Lipinski definition) is 1. The van der Waals surface area contributed by atoms with Crippen molar-refractivity contribution in [3.05, 3.63) is 29.3 Å². The molecule has 0 saturated heterocycles. The van der Waals surface area contributed by atoms with Gasteiger partial charge < -0.3 is 5.11 Å². The molecular formula is C21H30O. The molecule has 1 nitrogen and oxygen atoms in total. The van der Waals surface area contributed by atoms with E-state index in [1.807, 2.05) is 12.1 Å². The van der Waals surface area contributed by atoms with E-state index in [0.717, 1.165) is 23.7 Å². The normalized spacial score (nSPS) is 39.9. The van der Waals surface area contributed by atoms with Crippen molar-refractivity contribution in [2.24, 2.45) is 23.2 Å². The molecule has 0 aromatic heterocycles. The summed E-state index contributed by atoms with van der Waals surface area (Å²) in [6.45, 7) is 4.87. The number of aryl methyl sites for hydroxylation is 1. The second kappa shape index (κ2) is 5.28. The Bertz CT molecular complexity index is 563. The molecule has 1 heteroatoms. The molecule has 3 aliphatic carbocycles. The molecule has 5 atom stereocenters. The Morgan fingerprint density at radius 1 is 1.14 bits per heavy atom. The first-order valence-corrected chi connectivity index (χ1v) is 9.51. The summed E-state index contributed by atoms with van der Waals surface area (Å²) in [7, 11) is 0. The van der Waals surface area contributed by atoms with Crippen LogP contribution in [0, 0.1) is 23.2 Å². The van der Waals surface area contributed by atoms with Gasteiger partial charge in [0.25, 0.3) is 0 Å². The van der Waals surface area contributed by atoms with E-state index in [2.05, 4.69) is 19.9 Å². The van der Waals surface area contributed by atoms with Crippen LogP contribution in [0.2, 0.25) is 0 Å². The van der Waals surface area contributed by atoms with E-state index in [-0.39, 0.29) is 0 Å². The van der Waals surface area contributed by atoms with E-state index >= 15 is 0 Å². The van der Waals surface area contributed by atoms with Crippen molar-refractivity contribution in [2.75, 3.05) is 0 Å². The molecule has 0 bridgehead atoms. The number of rotatable bonds is 2. The van der Waals surface area contributed by atoms with Gasteiger partial charge in [-0.15, -0.1) is 0 Å². The molecule has 22 heavy (non-hydrogen) atoms. The minimum absolute atomic E-state index is 0.447. The molecule has 4 rings (SSSR count). The Morgan fingerprint density at radius 2 is 2.00 bits per heavy atom. The van der Waals surface area contributed by atoms with Gasteiger partial charge in [-0.3, -0.25) is 0 Å². The summed E-state index contributed by atoms with van der Waals surface area (Å²) in [5.41, 5.74) is 3.65. The zero-order chi connectivity index (χ0) is 15.3. The first-order valence-electron chi connectivity index (χ1n) is 9.51. The summed E-state index contributed by atoms with van der Waals surface area (Å²) in [6, 6.07) is 6.16. The summed E-state index contributed by atoms with van der Waals surface area (Å²) >= 11 is 0. The van der Waals surface area contributed by atoms with Gasteiger partial charge in [0.05, 0.1) is 0 Å². The predicted molar refractivity (Wildman–Crippen MR) is 91.1 cm³/mol. The molecule has 1 N–H and O–H groups in total. The van der Waals surface area contributed by atoms with Crippen LogP contribution in [0.1, 0.15) is 75.8 Å². The SMILES string of the molecule is CC[C@H]1CCC2C3CCc4cc(O)ccc4C3CC[C@@]21CC. The smallest absolute Gasteiger partial charge is 0.115 e. The zero-order valence-electron chi connectivity index (χ0n) is 14.1. The molecule has 120 valence electrons. The van der Waals surface area contributed by atoms with E-state index in [1.54, 1.807) is 5.56 Å². The first-order chi connectivity index (χ1) is 10.7. The Labute approximate surface area is 135 Å². The van der Waals surface area contributed by atoms with Gasteiger partial charge in [0.1, 0.15) is 5.75 Å². The molecule has 3 aliphatic rings. The number of phenols is 1. The number of phenolic OH excluding ortho intramolecular Hbond substituents is 1. The monoisotopic (exact) mass is 298 g/mol. The average Bonchev–Trinajstić information content (AvgIpc) is 2.93. The maximum absolute atomic E-state index is 9.78. The molecule has 0 amide bonds. The molecular weight excluding hydrogens is 268 g/mol. The third kappa shape index (κ3) is 1.90. The van der Waals surface area contributed by atoms with Crippen LogP contribution in [0.5, 0.6) is 5.75 Å². The third-order valence-electron chi connectivity index (χ3n) is 7.76. The molecule has 1 aromatic carbocycles. The number of fused-ring (bicyclic) bond motifs is 5. The molecule has 3 unspecified atom stereocenters. The Morgan fingerprint density at radius 3 is 2.77 bits per heavy atom. The highest BCUT2D eigenvalue weighted by atomic mass is 16.3. The van der Waals surface area contributed by atoms with Gasteiger partial charge in [-0.25, -0.2) is 0 Å². The quantitative estimate of drug-likeness (QED) is 0.746. The first kappa shape index (κ1) is 14.6. The van der Waals surface area contributed by atoms with E-state index in [1.165, 1.54) is 56.9 Å². The summed E-state index contributed by atoms with van der Waals surface area (Å²) in [4.78, 5) is 0. The minimum atomic E-state index is 0.447. The van der Waals surface area contributed by atoms with Crippen LogP contribution in [0.15, 0.2) is 18.2 Å². The van der Waals surface area contributed by atoms with E-state index in [0.29, 0.717) is 11.2 Å². The fraction of sp³-hybridized carbons (Fsp3) is 0.714. The van der Waals surface area contributed by atoms with Gasteiger partial charge in [-0.1, -0.05) is 26.3 Å². The van der Waals surface area contributed by atoms with Gasteiger partial charge in [-0.2, -0.15) is 0 Å². The van der Waals surface area contributed by atoms with Crippen LogP contribution >= 0.6 is 0 Å². The molecule has 1 aromatic rings. The average molecular weight is 298 g/mol. The van der Waals surface area contributed by atoms with Crippen molar-refractivity contribution in [1.29, 1.82) is 0 Å². The van der Waals surface area contributed by atoms with Gasteiger partial charge in [0, 0.05) is 0 Å². The molecule has 2 saturated carbocycles. The molecule has 0 spiro atoms. The topological polar surface area (TPSA) is 20.2 Å². The van der Waals surface area contributed by atoms with Crippen LogP contribution < -0.4 is 0 Å². The predicted octanol–water partition coefficient (Wildman–Crippen LogP) is 5.66. The Balaban J connectivity index is 1.69. The van der Waals surface area contributed by atoms with Crippen molar-refractivity contribution in [3.8, 4) is 5.75 Å². The van der Waals surface area contributed by atoms with Crippen LogP contribution in [0.25, 0.3) is 0 Å². The van der Waals surface area contributed by atoms with Crippen LogP contribution in [0.4, 0.5) is 0 Å². The molecule has 0 radical (unpaired) electrons. The molecule has 2 fully saturated rings. The van der Waals surface area contributed by atoms with Crippen molar-refractivity contribution >= 4 is 0 Å². The Kier molecular flexibility index (Phi) is 3.51. The number of benzene rings is 1. The number of hydrogen-bond acceptors (Lipinski definition) is 1. The van der Waals surface area contributed by atoms with Crippen molar-refractivity contribution in [1.82, 2.24) is 0 Å². The van der Waals surface area contributed by atoms with Crippen LogP contribution in [0.3, 0.4) is 0 Å². The fourth-order valence-electron chi connectivity index (χ4n) is 6.83. The van der Waals surface area contributed by atoms with Crippen molar-refractivity contribution < 1.29 is 5.11 Å². The lowest BCUT2D eigenvalue weighted by molar-refractivity contribution is 0.00742. The number of aromatic hydroxyl groups is 1. The highest BCUT2D eigenvalue weighted by Crippen LogP contribution is 2.65. The summed E-state index contributed by atoms with van der Waals surface area (Å²) in [5.74, 6) is 4.06. The van der Waals surface area contributed by atoms with Gasteiger partial charge in [0.15, 0.2) is 0 Å². The van der Waals surface area contributed by atoms with Gasteiger partial charge >= 0.3 is 0 Å². The zero-order valence-corrected chi connectivity index (χ0v) is 14.1. The summed E-state index contributed by atoms with van der Waals surface area (Å²) in [6.07, 6.45) is 11.1. The van der Waals surface area contributed by atoms with E-state index in [9.17, 15) is 5.11 Å². The van der Waals surface area contributed by atoms with Gasteiger partial charge in [0.2, 0.25) is 0 Å². The standard InChI is InChI=1S/C21H30O/c1-3-15-6-10-20-19-8-5-14-13-16(22)7-9-17(14)18(19)11-12-21(15,20)4-2/h7,9,13,15,18-20,22H,3-6,8,10-12H2,1-2H3/t15-,18?,19?,20?,21+/m0/s1.